The molecule has 0 spiro atoms. The van der Waals surface area contributed by atoms with E-state index in [0.29, 0.717) is 0 Å². The number of hydrogen-bond donors (Lipinski definition) is 0. The smallest absolute Gasteiger partial charge is 0.0439 e. The molecule has 0 atom stereocenters. The molecule has 1 aliphatic rings. The Labute approximate surface area is 91.7 Å². The van der Waals surface area contributed by atoms with Crippen molar-refractivity contribution in [3.8, 4) is 0 Å². The van der Waals surface area contributed by atoms with Crippen LogP contribution in [0.5, 0.6) is 0 Å². The molecular weight excluding hydrogens is 182 g/mol. The van der Waals surface area contributed by atoms with Crippen LogP contribution in [0.25, 0.3) is 5.70 Å². The molecule has 0 aromatic heterocycles. The maximum Gasteiger partial charge on any atom is 0.0439 e. The molecule has 0 amide bonds. The van der Waals surface area contributed by atoms with Gasteiger partial charge in [-0.15, -0.1) is 6.58 Å². The number of rotatable bonds is 3. The maximum absolute atomic E-state index is 4.15. The Kier molecular flexibility index (Phi) is 2.63. The summed E-state index contributed by atoms with van der Waals surface area (Å²) in [7, 11) is 0. The van der Waals surface area contributed by atoms with E-state index in [4.69, 9.17) is 0 Å². The van der Waals surface area contributed by atoms with E-state index >= 15 is 0 Å². The van der Waals surface area contributed by atoms with Crippen LogP contribution in [-0.4, -0.2) is 11.4 Å². The lowest BCUT2D eigenvalue weighted by molar-refractivity contribution is 0.456. The Hall–Kier alpha value is -1.50. The molecule has 0 aliphatic carbocycles. The number of benzene rings is 1. The van der Waals surface area contributed by atoms with Crippen molar-refractivity contribution in [1.82, 2.24) is 4.90 Å². The normalized spacial score (nSPS) is 14.2. The van der Waals surface area contributed by atoms with E-state index in [-0.39, 0.29) is 0 Å². The topological polar surface area (TPSA) is 3.24 Å². The van der Waals surface area contributed by atoms with Crippen LogP contribution in [0, 0.1) is 0 Å². The summed E-state index contributed by atoms with van der Waals surface area (Å²) < 4.78 is 0. The summed E-state index contributed by atoms with van der Waals surface area (Å²) >= 11 is 0. The van der Waals surface area contributed by atoms with Crippen LogP contribution in [-0.2, 0) is 13.0 Å². The molecule has 2 rings (SSSR count). The van der Waals surface area contributed by atoms with Crippen molar-refractivity contribution in [1.29, 1.82) is 0 Å². The van der Waals surface area contributed by atoms with Gasteiger partial charge in [0.2, 0.25) is 0 Å². The van der Waals surface area contributed by atoms with E-state index in [1.54, 1.807) is 0 Å². The molecule has 0 fully saturated rings. The number of aryl methyl sites for hydroxylation is 1. The lowest BCUT2D eigenvalue weighted by Gasteiger charge is -2.16. The Morgan fingerprint density at radius 2 is 2.27 bits per heavy atom. The van der Waals surface area contributed by atoms with E-state index < -0.39 is 0 Å². The van der Waals surface area contributed by atoms with Crippen LogP contribution in [0.1, 0.15) is 23.6 Å². The molecule has 0 bridgehead atoms. The highest BCUT2D eigenvalue weighted by atomic mass is 15.1. The third-order valence-electron chi connectivity index (χ3n) is 2.99. The SMILES string of the molecule is C=CCN1Cc2ccc(CC)cc2C1=C. The van der Waals surface area contributed by atoms with Gasteiger partial charge in [-0.1, -0.05) is 31.7 Å². The molecule has 15 heavy (non-hydrogen) atoms. The first kappa shape index (κ1) is 10.0. The Bertz CT molecular complexity index is 404. The predicted molar refractivity (Wildman–Crippen MR) is 65.5 cm³/mol. The molecule has 0 radical (unpaired) electrons. The fourth-order valence-electron chi connectivity index (χ4n) is 2.05. The average molecular weight is 199 g/mol. The van der Waals surface area contributed by atoms with Crippen molar-refractivity contribution >= 4 is 5.70 Å². The molecule has 1 aliphatic heterocycles. The molecular formula is C14H17N. The van der Waals surface area contributed by atoms with E-state index in [1.807, 2.05) is 6.08 Å². The second-order valence-electron chi connectivity index (χ2n) is 3.96. The first-order valence-electron chi connectivity index (χ1n) is 5.43. The van der Waals surface area contributed by atoms with Crippen LogP contribution in [0.3, 0.4) is 0 Å². The van der Waals surface area contributed by atoms with Crippen LogP contribution < -0.4 is 0 Å². The van der Waals surface area contributed by atoms with Crippen molar-refractivity contribution in [2.45, 2.75) is 19.9 Å². The maximum atomic E-state index is 4.15. The Balaban J connectivity index is 2.33. The zero-order valence-corrected chi connectivity index (χ0v) is 9.29. The summed E-state index contributed by atoms with van der Waals surface area (Å²) in [5.74, 6) is 0. The number of nitrogens with zero attached hydrogens (tertiary/aromatic N) is 1. The van der Waals surface area contributed by atoms with Gasteiger partial charge in [-0.2, -0.15) is 0 Å². The molecule has 78 valence electrons. The standard InChI is InChI=1S/C14H17N/c1-4-8-15-10-13-7-6-12(5-2)9-14(13)11(15)3/h4,6-7,9H,1,3,5,8,10H2,2H3. The Morgan fingerprint density at radius 3 is 2.93 bits per heavy atom. The van der Waals surface area contributed by atoms with Gasteiger partial charge < -0.3 is 4.90 Å². The van der Waals surface area contributed by atoms with Crippen LogP contribution in [0.2, 0.25) is 0 Å². The number of fused-ring (bicyclic) bond motifs is 1. The molecule has 0 N–H and O–H groups in total. The predicted octanol–water partition coefficient (Wildman–Crippen LogP) is 3.22. The molecule has 1 aromatic rings. The zero-order chi connectivity index (χ0) is 10.8. The highest BCUT2D eigenvalue weighted by Crippen LogP contribution is 2.31. The zero-order valence-electron chi connectivity index (χ0n) is 9.29. The van der Waals surface area contributed by atoms with Crippen molar-refractivity contribution in [3.05, 3.63) is 54.1 Å². The first-order valence-corrected chi connectivity index (χ1v) is 5.43. The summed E-state index contributed by atoms with van der Waals surface area (Å²) in [6.07, 6.45) is 3.01. The van der Waals surface area contributed by atoms with Gasteiger partial charge in [0.25, 0.3) is 0 Å². The van der Waals surface area contributed by atoms with Crippen molar-refractivity contribution < 1.29 is 0 Å². The van der Waals surface area contributed by atoms with E-state index in [2.05, 4.69) is 43.2 Å². The van der Waals surface area contributed by atoms with Crippen LogP contribution in [0.4, 0.5) is 0 Å². The minimum absolute atomic E-state index is 0.884. The second-order valence-corrected chi connectivity index (χ2v) is 3.96. The van der Waals surface area contributed by atoms with E-state index in [9.17, 15) is 0 Å². The van der Waals surface area contributed by atoms with Gasteiger partial charge in [0.15, 0.2) is 0 Å². The van der Waals surface area contributed by atoms with Gasteiger partial charge >= 0.3 is 0 Å². The summed E-state index contributed by atoms with van der Waals surface area (Å²) in [6, 6.07) is 6.70. The summed E-state index contributed by atoms with van der Waals surface area (Å²) in [6.45, 7) is 12.0. The lowest BCUT2D eigenvalue weighted by Crippen LogP contribution is -2.14. The average Bonchev–Trinajstić information content (AvgIpc) is 2.56. The largest absolute Gasteiger partial charge is 0.363 e. The van der Waals surface area contributed by atoms with Gasteiger partial charge in [0.05, 0.1) is 0 Å². The van der Waals surface area contributed by atoms with Gasteiger partial charge in [0.1, 0.15) is 0 Å². The molecule has 1 heteroatoms. The number of hydrogen-bond acceptors (Lipinski definition) is 1. The Morgan fingerprint density at radius 1 is 1.47 bits per heavy atom. The monoisotopic (exact) mass is 199 g/mol. The molecule has 1 heterocycles. The van der Waals surface area contributed by atoms with Gasteiger partial charge in [-0.3, -0.25) is 0 Å². The van der Waals surface area contributed by atoms with Gasteiger partial charge in [0, 0.05) is 24.4 Å². The van der Waals surface area contributed by atoms with E-state index in [0.717, 1.165) is 25.2 Å². The molecule has 0 saturated heterocycles. The highest BCUT2D eigenvalue weighted by Gasteiger charge is 2.20. The fourth-order valence-corrected chi connectivity index (χ4v) is 2.05. The highest BCUT2D eigenvalue weighted by molar-refractivity contribution is 5.69. The lowest BCUT2D eigenvalue weighted by atomic mass is 10.0. The minimum atomic E-state index is 0.884. The van der Waals surface area contributed by atoms with E-state index in [1.165, 1.54) is 16.7 Å². The minimum Gasteiger partial charge on any atom is -0.363 e. The van der Waals surface area contributed by atoms with Crippen LogP contribution in [0.15, 0.2) is 37.4 Å². The van der Waals surface area contributed by atoms with Crippen LogP contribution >= 0.6 is 0 Å². The fraction of sp³-hybridized carbons (Fsp3) is 0.286. The van der Waals surface area contributed by atoms with Crippen molar-refractivity contribution in [2.75, 3.05) is 6.54 Å². The summed E-state index contributed by atoms with van der Waals surface area (Å²) in [5.41, 5.74) is 5.23. The summed E-state index contributed by atoms with van der Waals surface area (Å²) in [5, 5.41) is 0. The third-order valence-corrected chi connectivity index (χ3v) is 2.99. The molecule has 1 nitrogen and oxygen atoms in total. The third kappa shape index (κ3) is 1.70. The quantitative estimate of drug-likeness (QED) is 0.676. The van der Waals surface area contributed by atoms with Gasteiger partial charge in [-0.05, 0) is 23.6 Å². The van der Waals surface area contributed by atoms with Gasteiger partial charge in [-0.25, -0.2) is 0 Å². The molecule has 1 aromatic carbocycles. The first-order chi connectivity index (χ1) is 7.26. The second kappa shape index (κ2) is 3.93. The summed E-state index contributed by atoms with van der Waals surface area (Å²) in [4.78, 5) is 2.26. The molecule has 0 saturated carbocycles. The molecule has 0 unspecified atom stereocenters. The van der Waals surface area contributed by atoms with Crippen molar-refractivity contribution in [2.24, 2.45) is 0 Å². The van der Waals surface area contributed by atoms with Crippen molar-refractivity contribution in [3.63, 3.8) is 0 Å².